The zero-order valence-corrected chi connectivity index (χ0v) is 16.1. The van der Waals surface area contributed by atoms with Gasteiger partial charge in [-0.25, -0.2) is 13.4 Å². The smallest absolute Gasteiger partial charge is 0.225 e. The van der Waals surface area contributed by atoms with Gasteiger partial charge in [-0.1, -0.05) is 11.6 Å². The van der Waals surface area contributed by atoms with E-state index in [0.717, 1.165) is 4.70 Å². The van der Waals surface area contributed by atoms with Crippen LogP contribution in [0.4, 0.5) is 5.69 Å². The maximum absolute atomic E-state index is 12.4. The summed E-state index contributed by atoms with van der Waals surface area (Å²) >= 11 is 7.41. The van der Waals surface area contributed by atoms with Crippen molar-refractivity contribution in [2.45, 2.75) is 11.3 Å². The number of halogens is 1. The van der Waals surface area contributed by atoms with Crippen molar-refractivity contribution in [2.24, 2.45) is 0 Å². The molecule has 26 heavy (non-hydrogen) atoms. The first-order chi connectivity index (χ1) is 12.4. The minimum absolute atomic E-state index is 0.155. The average Bonchev–Trinajstić information content (AvgIpc) is 3.13. The Morgan fingerprint density at radius 2 is 1.96 bits per heavy atom. The number of hydrogen-bond donors (Lipinski definition) is 1. The molecule has 0 aliphatic heterocycles. The molecular formula is C17H15ClN2O4S2. The van der Waals surface area contributed by atoms with Gasteiger partial charge in [0.1, 0.15) is 11.3 Å². The second-order valence-electron chi connectivity index (χ2n) is 5.42. The molecule has 0 atom stereocenters. The Hall–Kier alpha value is -2.16. The van der Waals surface area contributed by atoms with E-state index in [9.17, 15) is 13.2 Å². The number of thiazole rings is 1. The molecule has 6 nitrogen and oxygen atoms in total. The van der Waals surface area contributed by atoms with E-state index in [1.54, 1.807) is 29.8 Å². The average molecular weight is 411 g/mol. The van der Waals surface area contributed by atoms with Crippen LogP contribution in [0.2, 0.25) is 5.02 Å². The molecule has 0 bridgehead atoms. The van der Waals surface area contributed by atoms with Crippen molar-refractivity contribution in [1.29, 1.82) is 0 Å². The van der Waals surface area contributed by atoms with Crippen LogP contribution in [0.25, 0.3) is 10.2 Å². The third kappa shape index (κ3) is 3.98. The summed E-state index contributed by atoms with van der Waals surface area (Å²) in [4.78, 5) is 16.5. The van der Waals surface area contributed by atoms with E-state index in [1.807, 2.05) is 0 Å². The molecule has 0 spiro atoms. The molecule has 9 heteroatoms. The van der Waals surface area contributed by atoms with Crippen molar-refractivity contribution in [1.82, 2.24) is 4.98 Å². The Kier molecular flexibility index (Phi) is 5.45. The van der Waals surface area contributed by atoms with E-state index >= 15 is 0 Å². The highest BCUT2D eigenvalue weighted by Crippen LogP contribution is 2.32. The number of methoxy groups -OCH3 is 1. The molecule has 0 aliphatic carbocycles. The van der Waals surface area contributed by atoms with Gasteiger partial charge in [-0.15, -0.1) is 11.3 Å². The van der Waals surface area contributed by atoms with Crippen molar-refractivity contribution in [2.75, 3.05) is 18.2 Å². The Morgan fingerprint density at radius 3 is 2.65 bits per heavy atom. The Labute approximate surface area is 159 Å². The molecule has 0 saturated carbocycles. The Balaban J connectivity index is 1.67. The molecule has 136 valence electrons. The topological polar surface area (TPSA) is 85.4 Å². The number of ether oxygens (including phenoxy) is 1. The van der Waals surface area contributed by atoms with Crippen molar-refractivity contribution >= 4 is 54.6 Å². The van der Waals surface area contributed by atoms with Gasteiger partial charge in [-0.05, 0) is 36.4 Å². The third-order valence-corrected chi connectivity index (χ3v) is 6.62. The van der Waals surface area contributed by atoms with Gasteiger partial charge in [0.05, 0.1) is 38.7 Å². The molecule has 0 unspecified atom stereocenters. The van der Waals surface area contributed by atoms with Crippen molar-refractivity contribution < 1.29 is 17.9 Å². The molecule has 0 aliphatic rings. The van der Waals surface area contributed by atoms with Gasteiger partial charge < -0.3 is 10.1 Å². The highest BCUT2D eigenvalue weighted by Gasteiger charge is 2.17. The second-order valence-corrected chi connectivity index (χ2v) is 8.79. The minimum Gasteiger partial charge on any atom is -0.497 e. The molecule has 1 N–H and O–H groups in total. The summed E-state index contributed by atoms with van der Waals surface area (Å²) in [5.41, 5.74) is 2.82. The van der Waals surface area contributed by atoms with Gasteiger partial charge in [0.2, 0.25) is 5.91 Å². The number of sulfone groups is 1. The van der Waals surface area contributed by atoms with E-state index in [1.165, 1.54) is 30.6 Å². The number of aromatic nitrogens is 1. The molecule has 0 saturated heterocycles. The van der Waals surface area contributed by atoms with Gasteiger partial charge in [0.15, 0.2) is 9.84 Å². The fourth-order valence-corrected chi connectivity index (χ4v) is 4.64. The van der Waals surface area contributed by atoms with Crippen LogP contribution < -0.4 is 10.1 Å². The van der Waals surface area contributed by atoms with E-state index < -0.39 is 9.84 Å². The Bertz CT molecular complexity index is 1050. The molecule has 3 aromatic rings. The molecule has 1 amide bonds. The number of nitrogens with zero attached hydrogens (tertiary/aromatic N) is 1. The molecule has 3 rings (SSSR count). The van der Waals surface area contributed by atoms with Gasteiger partial charge >= 0.3 is 0 Å². The standard InChI is InChI=1S/C17H15ClN2O4S2/c1-24-11-2-4-12(5-3-11)26(22,23)9-8-15(21)20-14-7-6-13(18)16-17(14)25-10-19-16/h2-7,10H,8-9H2,1H3,(H,20,21). The summed E-state index contributed by atoms with van der Waals surface area (Å²) in [7, 11) is -2.05. The van der Waals surface area contributed by atoms with E-state index in [-0.39, 0.29) is 23.0 Å². The predicted molar refractivity (Wildman–Crippen MR) is 103 cm³/mol. The van der Waals surface area contributed by atoms with E-state index in [2.05, 4.69) is 10.3 Å². The maximum atomic E-state index is 12.4. The van der Waals surface area contributed by atoms with Crippen molar-refractivity contribution in [3.63, 3.8) is 0 Å². The summed E-state index contributed by atoms with van der Waals surface area (Å²) in [6.07, 6.45) is -0.155. The SMILES string of the molecule is COc1ccc(S(=O)(=O)CCC(=O)Nc2ccc(Cl)c3ncsc23)cc1. The number of amides is 1. The summed E-state index contributed by atoms with van der Waals surface area (Å²) in [5, 5.41) is 3.23. The second kappa shape index (κ2) is 7.61. The number of carbonyl (C=O) groups excluding carboxylic acids is 1. The van der Waals surface area contributed by atoms with Crippen LogP contribution in [0.1, 0.15) is 6.42 Å². The molecule has 0 radical (unpaired) electrons. The molecular weight excluding hydrogens is 396 g/mol. The molecule has 1 heterocycles. The first-order valence-electron chi connectivity index (χ1n) is 7.59. The number of rotatable bonds is 6. The van der Waals surface area contributed by atoms with Crippen LogP contribution in [-0.4, -0.2) is 32.2 Å². The minimum atomic E-state index is -3.56. The number of benzene rings is 2. The zero-order valence-electron chi connectivity index (χ0n) is 13.7. The van der Waals surface area contributed by atoms with Crippen molar-refractivity contribution in [3.05, 3.63) is 46.9 Å². The van der Waals surface area contributed by atoms with Crippen LogP contribution in [0.5, 0.6) is 5.75 Å². The van der Waals surface area contributed by atoms with Crippen molar-refractivity contribution in [3.8, 4) is 5.75 Å². The number of hydrogen-bond acceptors (Lipinski definition) is 6. The number of fused-ring (bicyclic) bond motifs is 1. The number of carbonyl (C=O) groups is 1. The van der Waals surface area contributed by atoms with E-state index in [4.69, 9.17) is 16.3 Å². The fraction of sp³-hybridized carbons (Fsp3) is 0.176. The summed E-state index contributed by atoms with van der Waals surface area (Å²) in [6, 6.07) is 9.40. The highest BCUT2D eigenvalue weighted by atomic mass is 35.5. The summed E-state index contributed by atoms with van der Waals surface area (Å²) < 4.78 is 30.5. The Morgan fingerprint density at radius 1 is 1.23 bits per heavy atom. The van der Waals surface area contributed by atoms with Crippen LogP contribution >= 0.6 is 22.9 Å². The van der Waals surface area contributed by atoms with Gasteiger partial charge in [-0.2, -0.15) is 0 Å². The zero-order chi connectivity index (χ0) is 18.7. The largest absolute Gasteiger partial charge is 0.497 e. The lowest BCUT2D eigenvalue weighted by molar-refractivity contribution is -0.115. The monoisotopic (exact) mass is 410 g/mol. The van der Waals surface area contributed by atoms with Crippen LogP contribution in [0, 0.1) is 0 Å². The number of anilines is 1. The normalized spacial score (nSPS) is 11.5. The summed E-state index contributed by atoms with van der Waals surface area (Å²) in [6.45, 7) is 0. The summed E-state index contributed by atoms with van der Waals surface area (Å²) in [5.74, 6) is -0.109. The maximum Gasteiger partial charge on any atom is 0.225 e. The molecule has 2 aromatic carbocycles. The van der Waals surface area contributed by atoms with Crippen LogP contribution in [-0.2, 0) is 14.6 Å². The van der Waals surface area contributed by atoms with Gasteiger partial charge in [0.25, 0.3) is 0 Å². The van der Waals surface area contributed by atoms with Crippen LogP contribution in [0.3, 0.4) is 0 Å². The quantitative estimate of drug-likeness (QED) is 0.668. The number of nitrogens with one attached hydrogen (secondary N) is 1. The fourth-order valence-electron chi connectivity index (χ4n) is 2.36. The van der Waals surface area contributed by atoms with Crippen LogP contribution in [0.15, 0.2) is 46.8 Å². The lowest BCUT2D eigenvalue weighted by Gasteiger charge is -2.08. The van der Waals surface area contributed by atoms with E-state index in [0.29, 0.717) is 22.0 Å². The predicted octanol–water partition coefficient (Wildman–Crippen LogP) is 3.76. The first-order valence-corrected chi connectivity index (χ1v) is 10.5. The molecule has 1 aromatic heterocycles. The first kappa shape index (κ1) is 18.6. The molecule has 0 fully saturated rings. The lowest BCUT2D eigenvalue weighted by Crippen LogP contribution is -2.17. The lowest BCUT2D eigenvalue weighted by atomic mass is 10.3. The van der Waals surface area contributed by atoms with Gasteiger partial charge in [0, 0.05) is 6.42 Å². The third-order valence-electron chi connectivity index (χ3n) is 3.73. The van der Waals surface area contributed by atoms with Gasteiger partial charge in [-0.3, -0.25) is 4.79 Å². The highest BCUT2D eigenvalue weighted by molar-refractivity contribution is 7.91.